The molecular weight excluding hydrogens is 372 g/mol. The molecular formula is C26H40N2O2. The Morgan fingerprint density at radius 3 is 2.87 bits per heavy atom. The molecule has 3 N–H and O–H groups in total. The highest BCUT2D eigenvalue weighted by molar-refractivity contribution is 5.24. The predicted molar refractivity (Wildman–Crippen MR) is 124 cm³/mol. The summed E-state index contributed by atoms with van der Waals surface area (Å²) in [6.07, 6.45) is 10.6. The number of hydrogen-bond donors (Lipinski definition) is 3. The first kappa shape index (κ1) is 23.2. The van der Waals surface area contributed by atoms with Crippen LogP contribution in [-0.2, 0) is 6.42 Å². The highest BCUT2D eigenvalue weighted by Gasteiger charge is 2.43. The topological polar surface area (TPSA) is 55.7 Å². The van der Waals surface area contributed by atoms with Gasteiger partial charge in [-0.1, -0.05) is 53.6 Å². The molecule has 1 saturated carbocycles. The summed E-state index contributed by atoms with van der Waals surface area (Å²) in [7, 11) is 4.24. The maximum absolute atomic E-state index is 10.6. The van der Waals surface area contributed by atoms with Crippen LogP contribution in [0.15, 0.2) is 48.1 Å². The molecule has 4 heteroatoms. The zero-order valence-electron chi connectivity index (χ0n) is 18.9. The molecule has 0 saturated heterocycles. The van der Waals surface area contributed by atoms with Crippen LogP contribution in [-0.4, -0.2) is 61.1 Å². The SMILES string of the molecule is Cc1cccc(C[C@H](O)C=C[C@@H]2[C@H]3CC(CNCCCCN(C)C)=C[C@H]3C[C@H]2O)c1. The second-order valence-electron chi connectivity index (χ2n) is 9.57. The molecule has 0 amide bonds. The highest BCUT2D eigenvalue weighted by Crippen LogP contribution is 2.47. The van der Waals surface area contributed by atoms with Crippen molar-refractivity contribution in [2.45, 2.75) is 51.2 Å². The number of benzene rings is 1. The first-order valence-corrected chi connectivity index (χ1v) is 11.6. The van der Waals surface area contributed by atoms with E-state index < -0.39 is 6.10 Å². The number of allylic oxidation sites excluding steroid dienone is 1. The fraction of sp³-hybridized carbons (Fsp3) is 0.615. The number of rotatable bonds is 11. The second kappa shape index (κ2) is 11.2. The van der Waals surface area contributed by atoms with E-state index in [0.29, 0.717) is 18.3 Å². The first-order chi connectivity index (χ1) is 14.4. The lowest BCUT2D eigenvalue weighted by Crippen LogP contribution is -2.22. The van der Waals surface area contributed by atoms with E-state index >= 15 is 0 Å². The molecule has 0 spiro atoms. The van der Waals surface area contributed by atoms with Crippen molar-refractivity contribution in [1.82, 2.24) is 10.2 Å². The summed E-state index contributed by atoms with van der Waals surface area (Å²) in [5.41, 5.74) is 3.86. The molecule has 1 aromatic rings. The number of hydrogen-bond acceptors (Lipinski definition) is 4. The van der Waals surface area contributed by atoms with E-state index in [1.165, 1.54) is 24.0 Å². The Bertz CT molecular complexity index is 727. The van der Waals surface area contributed by atoms with Gasteiger partial charge >= 0.3 is 0 Å². The monoisotopic (exact) mass is 412 g/mol. The second-order valence-corrected chi connectivity index (χ2v) is 9.57. The van der Waals surface area contributed by atoms with Gasteiger partial charge in [0.15, 0.2) is 0 Å². The van der Waals surface area contributed by atoms with Crippen molar-refractivity contribution in [2.24, 2.45) is 17.8 Å². The molecule has 0 radical (unpaired) electrons. The molecule has 1 fully saturated rings. The summed E-state index contributed by atoms with van der Waals surface area (Å²) >= 11 is 0. The van der Waals surface area contributed by atoms with Crippen LogP contribution in [0.25, 0.3) is 0 Å². The van der Waals surface area contributed by atoms with E-state index in [0.717, 1.165) is 38.0 Å². The fourth-order valence-corrected chi connectivity index (χ4v) is 5.07. The standard InChI is InChI=1S/C26H40N2O2/c1-19-7-6-8-20(13-19)15-23(29)9-10-24-25-16-21(14-22(25)17-26(24)30)18-27-11-4-5-12-28(2)3/h6-10,13-14,22-27,29-30H,4-5,11-12,15-18H2,1-3H3/t22-,23+,24+,25-,26+/m0/s1. The van der Waals surface area contributed by atoms with Crippen LogP contribution in [0.5, 0.6) is 0 Å². The van der Waals surface area contributed by atoms with Gasteiger partial charge in [-0.2, -0.15) is 0 Å². The minimum Gasteiger partial charge on any atom is -0.392 e. The number of aliphatic hydroxyl groups is 2. The largest absolute Gasteiger partial charge is 0.392 e. The Morgan fingerprint density at radius 1 is 1.27 bits per heavy atom. The Labute approximate surface area is 182 Å². The van der Waals surface area contributed by atoms with Crippen LogP contribution >= 0.6 is 0 Å². The minimum absolute atomic E-state index is 0.149. The molecule has 4 nitrogen and oxygen atoms in total. The Kier molecular flexibility index (Phi) is 8.70. The first-order valence-electron chi connectivity index (χ1n) is 11.6. The van der Waals surface area contributed by atoms with Gasteiger partial charge in [-0.25, -0.2) is 0 Å². The average Bonchev–Trinajstić information content (AvgIpc) is 3.19. The van der Waals surface area contributed by atoms with Gasteiger partial charge in [-0.05, 0) is 77.2 Å². The molecule has 1 aromatic carbocycles. The smallest absolute Gasteiger partial charge is 0.0761 e. The molecule has 5 atom stereocenters. The number of fused-ring (bicyclic) bond motifs is 1. The molecule has 0 aliphatic heterocycles. The predicted octanol–water partition coefficient (Wildman–Crippen LogP) is 3.33. The van der Waals surface area contributed by atoms with Crippen LogP contribution in [0.3, 0.4) is 0 Å². The van der Waals surface area contributed by atoms with Gasteiger partial charge in [0.1, 0.15) is 0 Å². The van der Waals surface area contributed by atoms with Gasteiger partial charge in [0.2, 0.25) is 0 Å². The van der Waals surface area contributed by atoms with Crippen LogP contribution in [0.1, 0.15) is 36.8 Å². The summed E-state index contributed by atoms with van der Waals surface area (Å²) < 4.78 is 0. The average molecular weight is 413 g/mol. The zero-order chi connectivity index (χ0) is 21.5. The third-order valence-electron chi connectivity index (χ3n) is 6.59. The van der Waals surface area contributed by atoms with Crippen molar-refractivity contribution < 1.29 is 10.2 Å². The Morgan fingerprint density at radius 2 is 2.10 bits per heavy atom. The lowest BCUT2D eigenvalue weighted by molar-refractivity contribution is 0.140. The van der Waals surface area contributed by atoms with E-state index in [4.69, 9.17) is 0 Å². The molecule has 0 unspecified atom stereocenters. The minimum atomic E-state index is -0.504. The zero-order valence-corrected chi connectivity index (χ0v) is 18.9. The maximum Gasteiger partial charge on any atom is 0.0761 e. The van der Waals surface area contributed by atoms with Gasteiger partial charge in [0.05, 0.1) is 12.2 Å². The van der Waals surface area contributed by atoms with Crippen molar-refractivity contribution in [3.05, 3.63) is 59.2 Å². The lowest BCUT2D eigenvalue weighted by atomic mass is 9.89. The van der Waals surface area contributed by atoms with E-state index in [1.807, 2.05) is 12.1 Å². The van der Waals surface area contributed by atoms with E-state index in [2.05, 4.69) is 61.6 Å². The molecule has 3 rings (SSSR count). The summed E-state index contributed by atoms with van der Waals surface area (Å²) in [5.74, 6) is 1.11. The van der Waals surface area contributed by atoms with Crippen molar-refractivity contribution in [3.63, 3.8) is 0 Å². The van der Waals surface area contributed by atoms with E-state index in [9.17, 15) is 10.2 Å². The molecule has 2 aliphatic carbocycles. The molecule has 30 heavy (non-hydrogen) atoms. The molecule has 0 heterocycles. The molecule has 0 aromatic heterocycles. The van der Waals surface area contributed by atoms with Crippen molar-refractivity contribution in [2.75, 3.05) is 33.7 Å². The van der Waals surface area contributed by atoms with Crippen molar-refractivity contribution >= 4 is 0 Å². The van der Waals surface area contributed by atoms with Gasteiger partial charge in [0.25, 0.3) is 0 Å². The maximum atomic E-state index is 10.6. The van der Waals surface area contributed by atoms with Gasteiger partial charge in [-0.15, -0.1) is 0 Å². The molecule has 166 valence electrons. The number of aliphatic hydroxyl groups excluding tert-OH is 2. The number of aryl methyl sites for hydroxylation is 1. The van der Waals surface area contributed by atoms with Gasteiger partial charge in [-0.3, -0.25) is 0 Å². The van der Waals surface area contributed by atoms with Crippen LogP contribution < -0.4 is 5.32 Å². The number of nitrogens with zero attached hydrogens (tertiary/aromatic N) is 1. The normalized spacial score (nSPS) is 27.1. The van der Waals surface area contributed by atoms with Crippen molar-refractivity contribution in [1.29, 1.82) is 0 Å². The number of nitrogens with one attached hydrogen (secondary N) is 1. The van der Waals surface area contributed by atoms with E-state index in [-0.39, 0.29) is 12.0 Å². The van der Waals surface area contributed by atoms with E-state index in [1.54, 1.807) is 0 Å². The summed E-state index contributed by atoms with van der Waals surface area (Å²) in [6.45, 7) is 5.26. The van der Waals surface area contributed by atoms with Gasteiger partial charge < -0.3 is 20.4 Å². The van der Waals surface area contributed by atoms with Crippen LogP contribution in [0, 0.1) is 24.7 Å². The summed E-state index contributed by atoms with van der Waals surface area (Å²) in [5, 5.41) is 24.6. The quantitative estimate of drug-likeness (QED) is 0.385. The Hall–Kier alpha value is -1.46. The fourth-order valence-electron chi connectivity index (χ4n) is 5.07. The Balaban J connectivity index is 1.44. The summed E-state index contributed by atoms with van der Waals surface area (Å²) in [6, 6.07) is 8.29. The lowest BCUT2D eigenvalue weighted by Gasteiger charge is -2.19. The van der Waals surface area contributed by atoms with Gasteiger partial charge in [0, 0.05) is 18.9 Å². The summed E-state index contributed by atoms with van der Waals surface area (Å²) in [4.78, 5) is 2.23. The van der Waals surface area contributed by atoms with Crippen LogP contribution in [0.4, 0.5) is 0 Å². The molecule has 2 aliphatic rings. The molecule has 0 bridgehead atoms. The van der Waals surface area contributed by atoms with Crippen LogP contribution in [0.2, 0.25) is 0 Å². The highest BCUT2D eigenvalue weighted by atomic mass is 16.3. The third kappa shape index (κ3) is 6.78. The number of unbranched alkanes of at least 4 members (excludes halogenated alkanes) is 1. The van der Waals surface area contributed by atoms with Crippen molar-refractivity contribution in [3.8, 4) is 0 Å². The third-order valence-corrected chi connectivity index (χ3v) is 6.59.